The van der Waals surface area contributed by atoms with E-state index in [9.17, 15) is 9.18 Å². The van der Waals surface area contributed by atoms with Gasteiger partial charge in [-0.15, -0.1) is 0 Å². The van der Waals surface area contributed by atoms with E-state index in [2.05, 4.69) is 15.2 Å². The van der Waals surface area contributed by atoms with Gasteiger partial charge in [-0.25, -0.2) is 9.18 Å². The van der Waals surface area contributed by atoms with Gasteiger partial charge in [0.05, 0.1) is 5.52 Å². The van der Waals surface area contributed by atoms with Gasteiger partial charge in [-0.1, -0.05) is 18.2 Å². The van der Waals surface area contributed by atoms with E-state index in [1.807, 2.05) is 41.3 Å². The molecule has 2 fully saturated rings. The first-order chi connectivity index (χ1) is 14.1. The second kappa shape index (κ2) is 7.03. The molecule has 148 valence electrons. The molecule has 5 nitrogen and oxygen atoms in total. The van der Waals surface area contributed by atoms with Crippen LogP contribution < -0.4 is 10.2 Å². The van der Waals surface area contributed by atoms with Crippen LogP contribution in [0.3, 0.4) is 0 Å². The van der Waals surface area contributed by atoms with Crippen molar-refractivity contribution in [1.29, 1.82) is 0 Å². The highest BCUT2D eigenvalue weighted by molar-refractivity contribution is 5.92. The summed E-state index contributed by atoms with van der Waals surface area (Å²) >= 11 is 0. The van der Waals surface area contributed by atoms with Crippen LogP contribution in [0.15, 0.2) is 60.8 Å². The largest absolute Gasteiger partial charge is 0.371 e. The van der Waals surface area contributed by atoms with Crippen molar-refractivity contribution in [3.05, 3.63) is 66.6 Å². The summed E-state index contributed by atoms with van der Waals surface area (Å²) in [7, 11) is 0. The van der Waals surface area contributed by atoms with Gasteiger partial charge in [0.2, 0.25) is 0 Å². The Labute approximate surface area is 169 Å². The molecular weight excluding hydrogens is 367 g/mol. The topological polar surface area (TPSA) is 48.5 Å². The Balaban J connectivity index is 1.22. The fourth-order valence-corrected chi connectivity index (χ4v) is 4.55. The number of hydrogen-bond acceptors (Lipinski definition) is 3. The van der Waals surface area contributed by atoms with E-state index in [-0.39, 0.29) is 17.3 Å². The van der Waals surface area contributed by atoms with E-state index in [1.165, 1.54) is 6.07 Å². The van der Waals surface area contributed by atoms with E-state index in [4.69, 9.17) is 0 Å². The highest BCUT2D eigenvalue weighted by Gasteiger charge is 2.46. The lowest BCUT2D eigenvalue weighted by molar-refractivity contribution is 0.0160. The molecule has 3 aromatic rings. The zero-order chi connectivity index (χ0) is 19.8. The molecule has 3 heterocycles. The number of urea groups is 1. The van der Waals surface area contributed by atoms with Crippen LogP contribution in [0.4, 0.5) is 20.6 Å². The van der Waals surface area contributed by atoms with Crippen LogP contribution in [0.5, 0.6) is 0 Å². The maximum atomic E-state index is 13.8. The van der Waals surface area contributed by atoms with E-state index in [0.717, 1.165) is 61.3 Å². The van der Waals surface area contributed by atoms with Crippen molar-refractivity contribution in [3.63, 3.8) is 0 Å². The Morgan fingerprint density at radius 3 is 2.55 bits per heavy atom. The molecule has 1 spiro atoms. The average Bonchev–Trinajstić information content (AvgIpc) is 2.72. The molecule has 2 aliphatic heterocycles. The van der Waals surface area contributed by atoms with E-state index in [1.54, 1.807) is 18.3 Å². The van der Waals surface area contributed by atoms with Crippen LogP contribution in [-0.2, 0) is 0 Å². The second-order valence-electron chi connectivity index (χ2n) is 8.13. The first-order valence-electron chi connectivity index (χ1n) is 10.0. The molecule has 5 rings (SSSR count). The SMILES string of the molecule is O=C(Nc1ccccc1)N1CC2(CCN(c3ccnc4ccc(F)cc34)CC2)C1. The number of fused-ring (bicyclic) bond motifs is 1. The Bertz CT molecular complexity index is 1040. The molecule has 29 heavy (non-hydrogen) atoms. The molecule has 2 aromatic carbocycles. The monoisotopic (exact) mass is 390 g/mol. The predicted octanol–water partition coefficient (Wildman–Crippen LogP) is 4.51. The number of carbonyl (C=O) groups excluding carboxylic acids is 1. The molecule has 2 amide bonds. The van der Waals surface area contributed by atoms with Crippen molar-refractivity contribution < 1.29 is 9.18 Å². The van der Waals surface area contributed by atoms with Gasteiger partial charge < -0.3 is 15.1 Å². The third-order valence-corrected chi connectivity index (χ3v) is 6.21. The zero-order valence-corrected chi connectivity index (χ0v) is 16.1. The van der Waals surface area contributed by atoms with Gasteiger partial charge in [0.25, 0.3) is 0 Å². The van der Waals surface area contributed by atoms with Gasteiger partial charge in [0.1, 0.15) is 5.82 Å². The Morgan fingerprint density at radius 2 is 1.79 bits per heavy atom. The van der Waals surface area contributed by atoms with Crippen molar-refractivity contribution in [2.75, 3.05) is 36.4 Å². The quantitative estimate of drug-likeness (QED) is 0.700. The van der Waals surface area contributed by atoms with Crippen LogP contribution in [0.1, 0.15) is 12.8 Å². The number of hydrogen-bond donors (Lipinski definition) is 1. The fourth-order valence-electron chi connectivity index (χ4n) is 4.55. The summed E-state index contributed by atoms with van der Waals surface area (Å²) in [6, 6.07) is 16.3. The number of halogens is 1. The summed E-state index contributed by atoms with van der Waals surface area (Å²) in [4.78, 5) is 21.0. The third-order valence-electron chi connectivity index (χ3n) is 6.21. The standard InChI is InChI=1S/C23H23FN4O/c24-17-6-7-20-19(14-17)21(8-11-25-20)27-12-9-23(10-13-27)15-28(16-23)22(29)26-18-4-2-1-3-5-18/h1-8,11,14H,9-10,12-13,15-16H2,(H,26,29). The van der Waals surface area contributed by atoms with Crippen molar-refractivity contribution in [1.82, 2.24) is 9.88 Å². The van der Waals surface area contributed by atoms with Crippen molar-refractivity contribution in [2.24, 2.45) is 5.41 Å². The average molecular weight is 390 g/mol. The number of likely N-dealkylation sites (tertiary alicyclic amines) is 1. The molecule has 0 radical (unpaired) electrons. The van der Waals surface area contributed by atoms with Crippen LogP contribution in [0.2, 0.25) is 0 Å². The summed E-state index contributed by atoms with van der Waals surface area (Å²) in [5.74, 6) is -0.237. The highest BCUT2D eigenvalue weighted by Crippen LogP contribution is 2.42. The normalized spacial score (nSPS) is 18.0. The van der Waals surface area contributed by atoms with Crippen molar-refractivity contribution >= 4 is 28.3 Å². The molecule has 0 saturated carbocycles. The molecule has 1 aromatic heterocycles. The number of rotatable bonds is 2. The van der Waals surface area contributed by atoms with E-state index < -0.39 is 0 Å². The number of para-hydroxylation sites is 1. The Hall–Kier alpha value is -3.15. The smallest absolute Gasteiger partial charge is 0.321 e. The van der Waals surface area contributed by atoms with Crippen LogP contribution in [0, 0.1) is 11.2 Å². The van der Waals surface area contributed by atoms with Crippen LogP contribution in [0.25, 0.3) is 10.9 Å². The molecule has 2 saturated heterocycles. The van der Waals surface area contributed by atoms with Gasteiger partial charge in [-0.05, 0) is 49.2 Å². The maximum absolute atomic E-state index is 13.8. The molecule has 0 aliphatic carbocycles. The van der Waals surface area contributed by atoms with Gasteiger partial charge in [0, 0.05) is 54.6 Å². The van der Waals surface area contributed by atoms with Crippen LogP contribution >= 0.6 is 0 Å². The number of amides is 2. The molecule has 1 N–H and O–H groups in total. The minimum Gasteiger partial charge on any atom is -0.371 e. The Kier molecular flexibility index (Phi) is 4.34. The number of carbonyl (C=O) groups is 1. The number of nitrogens with one attached hydrogen (secondary N) is 1. The maximum Gasteiger partial charge on any atom is 0.321 e. The molecular formula is C23H23FN4O. The number of anilines is 2. The first kappa shape index (κ1) is 17.9. The van der Waals surface area contributed by atoms with Gasteiger partial charge in [-0.2, -0.15) is 0 Å². The first-order valence-corrected chi connectivity index (χ1v) is 10.0. The molecule has 0 unspecified atom stereocenters. The lowest BCUT2D eigenvalue weighted by atomic mass is 9.72. The Morgan fingerprint density at radius 1 is 1.03 bits per heavy atom. The van der Waals surface area contributed by atoms with Gasteiger partial charge in [0.15, 0.2) is 0 Å². The minimum atomic E-state index is -0.237. The van der Waals surface area contributed by atoms with Gasteiger partial charge >= 0.3 is 6.03 Å². The summed E-state index contributed by atoms with van der Waals surface area (Å²) in [6.07, 6.45) is 3.85. The molecule has 6 heteroatoms. The van der Waals surface area contributed by atoms with E-state index in [0.29, 0.717) is 0 Å². The predicted molar refractivity (Wildman–Crippen MR) is 113 cm³/mol. The lowest BCUT2D eigenvalue weighted by Crippen LogP contribution is -2.62. The summed E-state index contributed by atoms with van der Waals surface area (Å²) in [6.45, 7) is 3.41. The summed E-state index contributed by atoms with van der Waals surface area (Å²) in [5, 5.41) is 3.82. The summed E-state index contributed by atoms with van der Waals surface area (Å²) in [5.41, 5.74) is 2.89. The van der Waals surface area contributed by atoms with Crippen molar-refractivity contribution in [2.45, 2.75) is 12.8 Å². The number of nitrogens with zero attached hydrogens (tertiary/aromatic N) is 3. The lowest BCUT2D eigenvalue weighted by Gasteiger charge is -2.54. The number of benzene rings is 2. The zero-order valence-electron chi connectivity index (χ0n) is 16.1. The van der Waals surface area contributed by atoms with Crippen LogP contribution in [-0.4, -0.2) is 42.1 Å². The minimum absolute atomic E-state index is 0.0279. The van der Waals surface area contributed by atoms with E-state index >= 15 is 0 Å². The number of aromatic nitrogens is 1. The molecule has 0 atom stereocenters. The molecule has 0 bridgehead atoms. The third kappa shape index (κ3) is 3.39. The second-order valence-corrected chi connectivity index (χ2v) is 8.13. The summed E-state index contributed by atoms with van der Waals surface area (Å²) < 4.78 is 13.8. The van der Waals surface area contributed by atoms with Crippen molar-refractivity contribution in [3.8, 4) is 0 Å². The highest BCUT2D eigenvalue weighted by atomic mass is 19.1. The molecule has 2 aliphatic rings. The number of pyridine rings is 1. The fraction of sp³-hybridized carbons (Fsp3) is 0.304. The number of piperidine rings is 1. The van der Waals surface area contributed by atoms with Gasteiger partial charge in [-0.3, -0.25) is 4.98 Å².